The predicted molar refractivity (Wildman–Crippen MR) is 77.2 cm³/mol. The molecule has 0 spiro atoms. The van der Waals surface area contributed by atoms with Crippen LogP contribution in [0.1, 0.15) is 6.23 Å². The van der Waals surface area contributed by atoms with E-state index in [1.807, 2.05) is 4.57 Å². The van der Waals surface area contributed by atoms with Gasteiger partial charge in [0.1, 0.15) is 23.3 Å². The fourth-order valence-electron chi connectivity index (χ4n) is 3.45. The summed E-state index contributed by atoms with van der Waals surface area (Å²) in [4.78, 5) is 8.70. The minimum atomic E-state index is -0.601. The lowest BCUT2D eigenvalue weighted by Crippen LogP contribution is -2.45. The van der Waals surface area contributed by atoms with Crippen LogP contribution in [0.3, 0.4) is 0 Å². The number of aromatic nitrogens is 3. The molecule has 2 aromatic rings. The van der Waals surface area contributed by atoms with Crippen molar-refractivity contribution in [1.82, 2.24) is 14.5 Å². The monoisotopic (exact) mass is 306 g/mol. The number of hydrogen-bond donors (Lipinski definition) is 1. The third-order valence-corrected chi connectivity index (χ3v) is 4.38. The topological polar surface area (TPSA) is 93.7 Å². The fraction of sp³-hybridized carbons (Fsp3) is 0.571. The van der Waals surface area contributed by atoms with Gasteiger partial charge in [-0.3, -0.25) is 4.57 Å². The lowest BCUT2D eigenvalue weighted by Gasteiger charge is -2.30. The van der Waals surface area contributed by atoms with Crippen molar-refractivity contribution in [3.8, 4) is 0 Å². The number of nitrogen functional groups attached to an aromatic ring is 1. The first-order chi connectivity index (χ1) is 10.7. The summed E-state index contributed by atoms with van der Waals surface area (Å²) in [5.74, 6) is 0. The third kappa shape index (κ3) is 1.72. The van der Waals surface area contributed by atoms with E-state index in [2.05, 4.69) is 9.97 Å². The molecule has 0 radical (unpaired) electrons. The summed E-state index contributed by atoms with van der Waals surface area (Å²) < 4.78 is 24.9. The van der Waals surface area contributed by atoms with Gasteiger partial charge in [0.2, 0.25) is 0 Å². The van der Waals surface area contributed by atoms with E-state index in [-0.39, 0.29) is 18.4 Å². The van der Waals surface area contributed by atoms with Crippen LogP contribution in [0.25, 0.3) is 11.2 Å². The van der Waals surface area contributed by atoms with Gasteiger partial charge in [-0.05, 0) is 6.07 Å². The van der Waals surface area contributed by atoms with Gasteiger partial charge in [-0.1, -0.05) is 0 Å². The lowest BCUT2D eigenvalue weighted by molar-refractivity contribution is -0.189. The van der Waals surface area contributed by atoms with Crippen molar-refractivity contribution in [3.05, 3.63) is 18.6 Å². The molecular formula is C14H18N4O4. The summed E-state index contributed by atoms with van der Waals surface area (Å²) in [6.45, 7) is 0.851. The molecule has 2 fully saturated rings. The van der Waals surface area contributed by atoms with Gasteiger partial charge < -0.3 is 24.7 Å². The van der Waals surface area contributed by atoms with Gasteiger partial charge in [0.15, 0.2) is 11.9 Å². The van der Waals surface area contributed by atoms with Crippen molar-refractivity contribution >= 4 is 16.9 Å². The molecule has 4 heterocycles. The summed E-state index contributed by atoms with van der Waals surface area (Å²) in [6.07, 6.45) is 2.53. The highest BCUT2D eigenvalue weighted by Gasteiger charge is 2.63. The first kappa shape index (κ1) is 13.9. The fourth-order valence-corrected chi connectivity index (χ4v) is 3.45. The van der Waals surface area contributed by atoms with Crippen LogP contribution in [0.15, 0.2) is 18.6 Å². The van der Waals surface area contributed by atoms with Crippen molar-refractivity contribution < 1.29 is 18.9 Å². The predicted octanol–water partition coefficient (Wildman–Crippen LogP) is 0.341. The number of nitrogens with two attached hydrogens (primary N) is 1. The average Bonchev–Trinajstić information content (AvgIpc) is 3.16. The number of fused-ring (bicyclic) bond motifs is 3. The molecule has 2 bridgehead atoms. The molecule has 0 amide bonds. The van der Waals surface area contributed by atoms with Crippen molar-refractivity contribution in [2.24, 2.45) is 0 Å². The molecule has 2 aliphatic heterocycles. The Morgan fingerprint density at radius 2 is 2.32 bits per heavy atom. The quantitative estimate of drug-likeness (QED) is 0.870. The lowest BCUT2D eigenvalue weighted by atomic mass is 10.0. The Hall–Kier alpha value is -1.74. The molecular weight excluding hydrogens is 288 g/mol. The summed E-state index contributed by atoms with van der Waals surface area (Å²) in [5.41, 5.74) is 7.25. The van der Waals surface area contributed by atoms with Crippen LogP contribution in [-0.4, -0.2) is 59.8 Å². The van der Waals surface area contributed by atoms with Gasteiger partial charge >= 0.3 is 0 Å². The minimum Gasteiger partial charge on any atom is -0.397 e. The summed E-state index contributed by atoms with van der Waals surface area (Å²) >= 11 is 0. The minimum absolute atomic E-state index is 0.198. The number of hydrogen-bond acceptors (Lipinski definition) is 7. The Morgan fingerprint density at radius 3 is 3.09 bits per heavy atom. The SMILES string of the molecule is COC[C@]12CO[C@@H](C1OC)[C@H](n1cnc3c(N)ccnc31)O2. The number of anilines is 1. The van der Waals surface area contributed by atoms with Crippen LogP contribution in [0, 0.1) is 0 Å². The normalized spacial score (nSPS) is 33.8. The number of imidazole rings is 1. The maximum atomic E-state index is 6.25. The molecule has 2 saturated heterocycles. The molecule has 1 unspecified atom stereocenters. The highest BCUT2D eigenvalue weighted by molar-refractivity contribution is 5.83. The van der Waals surface area contributed by atoms with Crippen LogP contribution in [0.5, 0.6) is 0 Å². The molecule has 2 aromatic heterocycles. The zero-order valence-corrected chi connectivity index (χ0v) is 12.4. The van der Waals surface area contributed by atoms with Crippen LogP contribution >= 0.6 is 0 Å². The summed E-state index contributed by atoms with van der Waals surface area (Å²) in [6, 6.07) is 1.72. The molecule has 4 rings (SSSR count). The Bertz CT molecular complexity index is 705. The average molecular weight is 306 g/mol. The number of pyridine rings is 1. The number of rotatable bonds is 4. The summed E-state index contributed by atoms with van der Waals surface area (Å²) in [5, 5.41) is 0. The molecule has 0 aromatic carbocycles. The van der Waals surface area contributed by atoms with Gasteiger partial charge in [0.05, 0.1) is 25.2 Å². The Labute approximate surface area is 127 Å². The van der Waals surface area contributed by atoms with Crippen LogP contribution in [-0.2, 0) is 18.9 Å². The van der Waals surface area contributed by atoms with Crippen molar-refractivity contribution in [1.29, 1.82) is 0 Å². The van der Waals surface area contributed by atoms with Crippen molar-refractivity contribution in [2.75, 3.05) is 33.2 Å². The molecule has 2 N–H and O–H groups in total. The van der Waals surface area contributed by atoms with Crippen LogP contribution in [0.2, 0.25) is 0 Å². The van der Waals surface area contributed by atoms with Crippen LogP contribution < -0.4 is 5.73 Å². The number of ether oxygens (including phenoxy) is 4. The Morgan fingerprint density at radius 1 is 1.45 bits per heavy atom. The van der Waals surface area contributed by atoms with E-state index in [4.69, 9.17) is 24.7 Å². The van der Waals surface area contributed by atoms with Crippen molar-refractivity contribution in [2.45, 2.75) is 24.0 Å². The van der Waals surface area contributed by atoms with E-state index in [1.165, 1.54) is 0 Å². The number of nitrogens with zero attached hydrogens (tertiary/aromatic N) is 3. The highest BCUT2D eigenvalue weighted by atomic mass is 16.7. The van der Waals surface area contributed by atoms with Crippen LogP contribution in [0.4, 0.5) is 5.69 Å². The first-order valence-corrected chi connectivity index (χ1v) is 7.08. The molecule has 4 atom stereocenters. The molecule has 8 heteroatoms. The van der Waals surface area contributed by atoms with Gasteiger partial charge in [-0.2, -0.15) is 0 Å². The molecule has 0 saturated carbocycles. The van der Waals surface area contributed by atoms with E-state index in [0.29, 0.717) is 30.1 Å². The molecule has 2 aliphatic rings. The Balaban J connectivity index is 1.76. The summed E-state index contributed by atoms with van der Waals surface area (Å²) in [7, 11) is 3.30. The number of methoxy groups -OCH3 is 2. The van der Waals surface area contributed by atoms with E-state index >= 15 is 0 Å². The molecule has 8 nitrogen and oxygen atoms in total. The van der Waals surface area contributed by atoms with E-state index in [9.17, 15) is 0 Å². The second kappa shape index (κ2) is 4.88. The smallest absolute Gasteiger partial charge is 0.166 e. The van der Waals surface area contributed by atoms with E-state index < -0.39 is 5.60 Å². The maximum Gasteiger partial charge on any atom is 0.166 e. The van der Waals surface area contributed by atoms with Crippen molar-refractivity contribution in [3.63, 3.8) is 0 Å². The largest absolute Gasteiger partial charge is 0.397 e. The zero-order chi connectivity index (χ0) is 15.3. The second-order valence-electron chi connectivity index (χ2n) is 5.66. The first-order valence-electron chi connectivity index (χ1n) is 7.08. The van der Waals surface area contributed by atoms with Gasteiger partial charge in [0.25, 0.3) is 0 Å². The third-order valence-electron chi connectivity index (χ3n) is 4.38. The van der Waals surface area contributed by atoms with E-state index in [0.717, 1.165) is 0 Å². The molecule has 22 heavy (non-hydrogen) atoms. The van der Waals surface area contributed by atoms with Gasteiger partial charge in [0, 0.05) is 20.4 Å². The van der Waals surface area contributed by atoms with Gasteiger partial charge in [-0.15, -0.1) is 0 Å². The Kier molecular flexibility index (Phi) is 3.08. The zero-order valence-electron chi connectivity index (χ0n) is 12.4. The van der Waals surface area contributed by atoms with E-state index in [1.54, 1.807) is 32.8 Å². The molecule has 0 aliphatic carbocycles. The standard InChI is InChI=1S/C14H18N4O4/c1-19-5-14-6-21-10(11(14)20-2)13(22-14)18-7-17-9-8(15)3-4-16-12(9)18/h3-4,7,10-11,13H,5-6H2,1-2H3,(H2,15,16)/t10-,11?,13+,14-/m0/s1. The second-order valence-corrected chi connectivity index (χ2v) is 5.66. The maximum absolute atomic E-state index is 6.25. The molecule has 118 valence electrons. The van der Waals surface area contributed by atoms with Gasteiger partial charge in [-0.25, -0.2) is 9.97 Å². The highest BCUT2D eigenvalue weighted by Crippen LogP contribution is 2.47.